The molecule has 1 saturated heterocycles. The molecule has 29 heavy (non-hydrogen) atoms. The Morgan fingerprint density at radius 3 is 2.48 bits per heavy atom. The fourth-order valence-corrected chi connectivity index (χ4v) is 3.48. The second kappa shape index (κ2) is 10.3. The largest absolute Gasteiger partial charge is 0.492 e. The van der Waals surface area contributed by atoms with E-state index in [4.69, 9.17) is 9.47 Å². The van der Waals surface area contributed by atoms with Crippen molar-refractivity contribution in [2.45, 2.75) is 6.04 Å². The van der Waals surface area contributed by atoms with Crippen LogP contribution < -0.4 is 14.8 Å². The van der Waals surface area contributed by atoms with Crippen LogP contribution in [0.25, 0.3) is 0 Å². The molecule has 0 amide bonds. The Bertz CT molecular complexity index is 870. The number of hydrogen-bond acceptors (Lipinski definition) is 5. The molecule has 0 aliphatic carbocycles. The molecule has 2 aromatic carbocycles. The predicted molar refractivity (Wildman–Crippen MR) is 116 cm³/mol. The summed E-state index contributed by atoms with van der Waals surface area (Å²) in [6, 6.07) is 17.8. The number of imidazole rings is 1. The fraction of sp³-hybridized carbons (Fsp3) is 0.318. The van der Waals surface area contributed by atoms with Crippen molar-refractivity contribution in [2.24, 2.45) is 7.05 Å². The summed E-state index contributed by atoms with van der Waals surface area (Å²) >= 11 is 0. The molecule has 0 radical (unpaired) electrons. The lowest BCUT2D eigenvalue weighted by Crippen LogP contribution is -2.48. The molecule has 0 bridgehead atoms. The van der Waals surface area contributed by atoms with Crippen LogP contribution in [0.5, 0.6) is 17.2 Å². The van der Waals surface area contributed by atoms with E-state index in [0.29, 0.717) is 6.61 Å². The molecule has 1 unspecified atom stereocenters. The molecular formula is C22H27ClN4O2. The summed E-state index contributed by atoms with van der Waals surface area (Å²) in [4.78, 5) is 6.96. The minimum absolute atomic E-state index is 0. The van der Waals surface area contributed by atoms with Crippen molar-refractivity contribution in [2.75, 3.05) is 32.8 Å². The van der Waals surface area contributed by atoms with Gasteiger partial charge < -0.3 is 19.4 Å². The van der Waals surface area contributed by atoms with Crippen molar-refractivity contribution >= 4 is 12.4 Å². The first-order valence-electron chi connectivity index (χ1n) is 9.67. The summed E-state index contributed by atoms with van der Waals surface area (Å²) < 4.78 is 13.9. The molecule has 0 spiro atoms. The van der Waals surface area contributed by atoms with Gasteiger partial charge in [-0.25, -0.2) is 4.98 Å². The summed E-state index contributed by atoms with van der Waals surface area (Å²) in [6.07, 6.45) is 3.86. The van der Waals surface area contributed by atoms with Crippen LogP contribution in [0, 0.1) is 0 Å². The summed E-state index contributed by atoms with van der Waals surface area (Å²) in [5, 5.41) is 3.46. The molecule has 6 nitrogen and oxygen atoms in total. The lowest BCUT2D eigenvalue weighted by atomic mass is 10.2. The number of aryl methyl sites for hydroxylation is 1. The standard InChI is InChI=1S/C22H26N4O2.ClH/c1-25-13-12-24-22(25)21-17-23-11-14-26(21)15-16-27-18-7-9-20(10-8-18)28-19-5-3-2-4-6-19;/h2-10,12-13,21,23H,11,14-17H2,1H3;1H. The van der Waals surface area contributed by atoms with Gasteiger partial charge in [-0.3, -0.25) is 4.90 Å². The Balaban J connectivity index is 0.00000240. The number of aromatic nitrogens is 2. The predicted octanol–water partition coefficient (Wildman–Crippen LogP) is 3.66. The zero-order chi connectivity index (χ0) is 19.2. The number of hydrogen-bond donors (Lipinski definition) is 1. The van der Waals surface area contributed by atoms with E-state index in [1.54, 1.807) is 0 Å². The minimum atomic E-state index is 0. The van der Waals surface area contributed by atoms with Crippen LogP contribution in [0.15, 0.2) is 67.0 Å². The SMILES string of the molecule is Cl.Cn1ccnc1C1CNCCN1CCOc1ccc(Oc2ccccc2)cc1. The molecule has 154 valence electrons. The molecule has 4 rings (SSSR count). The van der Waals surface area contributed by atoms with Crippen LogP contribution in [0.4, 0.5) is 0 Å². The number of piperazine rings is 1. The second-order valence-corrected chi connectivity index (χ2v) is 6.89. The average molecular weight is 415 g/mol. The lowest BCUT2D eigenvalue weighted by molar-refractivity contribution is 0.127. The number of benzene rings is 2. The van der Waals surface area contributed by atoms with Crippen LogP contribution in [0.2, 0.25) is 0 Å². The van der Waals surface area contributed by atoms with E-state index < -0.39 is 0 Å². The molecule has 7 heteroatoms. The number of rotatable bonds is 7. The zero-order valence-corrected chi connectivity index (χ0v) is 17.3. The number of nitrogens with zero attached hydrogens (tertiary/aromatic N) is 3. The van der Waals surface area contributed by atoms with Crippen LogP contribution >= 0.6 is 12.4 Å². The van der Waals surface area contributed by atoms with Crippen molar-refractivity contribution in [3.05, 3.63) is 72.8 Å². The van der Waals surface area contributed by atoms with Crippen molar-refractivity contribution in [3.8, 4) is 17.2 Å². The molecule has 1 fully saturated rings. The van der Waals surface area contributed by atoms with Gasteiger partial charge in [0.2, 0.25) is 0 Å². The molecule has 1 atom stereocenters. The smallest absolute Gasteiger partial charge is 0.127 e. The number of nitrogens with one attached hydrogen (secondary N) is 1. The van der Waals surface area contributed by atoms with Gasteiger partial charge in [0.05, 0.1) is 6.04 Å². The molecule has 2 heterocycles. The highest BCUT2D eigenvalue weighted by atomic mass is 35.5. The van der Waals surface area contributed by atoms with Gasteiger partial charge in [-0.05, 0) is 36.4 Å². The normalized spacial score (nSPS) is 16.8. The Hall–Kier alpha value is -2.54. The maximum Gasteiger partial charge on any atom is 0.127 e. The third-order valence-electron chi connectivity index (χ3n) is 4.96. The van der Waals surface area contributed by atoms with Gasteiger partial charge in [0.25, 0.3) is 0 Å². The Morgan fingerprint density at radius 1 is 1.03 bits per heavy atom. The summed E-state index contributed by atoms with van der Waals surface area (Å²) in [5.41, 5.74) is 0. The first-order valence-corrected chi connectivity index (χ1v) is 9.67. The van der Waals surface area contributed by atoms with E-state index in [9.17, 15) is 0 Å². The van der Waals surface area contributed by atoms with Gasteiger partial charge >= 0.3 is 0 Å². The van der Waals surface area contributed by atoms with Crippen LogP contribution in [-0.2, 0) is 7.05 Å². The maximum atomic E-state index is 5.97. The Morgan fingerprint density at radius 2 is 1.76 bits per heavy atom. The highest BCUT2D eigenvalue weighted by molar-refractivity contribution is 5.85. The second-order valence-electron chi connectivity index (χ2n) is 6.89. The zero-order valence-electron chi connectivity index (χ0n) is 16.5. The third kappa shape index (κ3) is 5.50. The van der Waals surface area contributed by atoms with E-state index in [-0.39, 0.29) is 18.4 Å². The Labute approximate surface area is 177 Å². The summed E-state index contributed by atoms with van der Waals surface area (Å²) in [7, 11) is 2.05. The summed E-state index contributed by atoms with van der Waals surface area (Å²) in [5.74, 6) is 3.57. The average Bonchev–Trinajstić information content (AvgIpc) is 3.16. The monoisotopic (exact) mass is 414 g/mol. The Kier molecular flexibility index (Phi) is 7.52. The fourth-order valence-electron chi connectivity index (χ4n) is 3.48. The van der Waals surface area contributed by atoms with Crippen molar-refractivity contribution < 1.29 is 9.47 Å². The number of halogens is 1. The van der Waals surface area contributed by atoms with Crippen molar-refractivity contribution in [1.82, 2.24) is 19.8 Å². The van der Waals surface area contributed by atoms with E-state index in [1.807, 2.05) is 74.0 Å². The topological polar surface area (TPSA) is 51.6 Å². The first kappa shape index (κ1) is 21.2. The highest BCUT2D eigenvalue weighted by Gasteiger charge is 2.26. The van der Waals surface area contributed by atoms with E-state index in [1.165, 1.54) is 0 Å². The molecular weight excluding hydrogens is 388 g/mol. The van der Waals surface area contributed by atoms with Gasteiger partial charge in [0, 0.05) is 45.6 Å². The van der Waals surface area contributed by atoms with Crippen LogP contribution in [0.3, 0.4) is 0 Å². The molecule has 0 saturated carbocycles. The number of para-hydroxylation sites is 1. The molecule has 1 aromatic heterocycles. The molecule has 1 N–H and O–H groups in total. The van der Waals surface area contributed by atoms with E-state index >= 15 is 0 Å². The lowest BCUT2D eigenvalue weighted by Gasteiger charge is -2.35. The highest BCUT2D eigenvalue weighted by Crippen LogP contribution is 2.24. The summed E-state index contributed by atoms with van der Waals surface area (Å²) in [6.45, 7) is 4.40. The maximum absolute atomic E-state index is 5.97. The van der Waals surface area contributed by atoms with Gasteiger partial charge in [-0.2, -0.15) is 0 Å². The molecule has 3 aromatic rings. The van der Waals surface area contributed by atoms with E-state index in [2.05, 4.69) is 19.8 Å². The van der Waals surface area contributed by atoms with Gasteiger partial charge in [0.1, 0.15) is 29.7 Å². The minimum Gasteiger partial charge on any atom is -0.492 e. The van der Waals surface area contributed by atoms with Crippen molar-refractivity contribution in [1.29, 1.82) is 0 Å². The third-order valence-corrected chi connectivity index (χ3v) is 4.96. The quantitative estimate of drug-likeness (QED) is 0.639. The van der Waals surface area contributed by atoms with Crippen molar-refractivity contribution in [3.63, 3.8) is 0 Å². The van der Waals surface area contributed by atoms with Gasteiger partial charge in [-0.15, -0.1) is 12.4 Å². The molecule has 1 aliphatic heterocycles. The molecule has 1 aliphatic rings. The van der Waals surface area contributed by atoms with Crippen LogP contribution in [-0.4, -0.2) is 47.2 Å². The van der Waals surface area contributed by atoms with Gasteiger partial charge in [-0.1, -0.05) is 18.2 Å². The number of ether oxygens (including phenoxy) is 2. The van der Waals surface area contributed by atoms with E-state index in [0.717, 1.165) is 49.3 Å². The van der Waals surface area contributed by atoms with Gasteiger partial charge in [0.15, 0.2) is 0 Å². The first-order chi connectivity index (χ1) is 13.8. The van der Waals surface area contributed by atoms with Crippen LogP contribution in [0.1, 0.15) is 11.9 Å².